The predicted octanol–water partition coefficient (Wildman–Crippen LogP) is 2.17. The maximum atomic E-state index is 13.0. The van der Waals surface area contributed by atoms with Crippen molar-refractivity contribution in [3.63, 3.8) is 0 Å². The quantitative estimate of drug-likeness (QED) is 0.818. The van der Waals surface area contributed by atoms with Crippen LogP contribution in [0.25, 0.3) is 0 Å². The van der Waals surface area contributed by atoms with Crippen LogP contribution in [0.5, 0.6) is 0 Å². The third-order valence-electron chi connectivity index (χ3n) is 3.13. The van der Waals surface area contributed by atoms with Crippen LogP contribution in [0.1, 0.15) is 13.8 Å². The summed E-state index contributed by atoms with van der Waals surface area (Å²) < 4.78 is 35.6. The first-order valence-corrected chi connectivity index (χ1v) is 9.23. The minimum absolute atomic E-state index is 0.0224. The van der Waals surface area contributed by atoms with Gasteiger partial charge in [-0.1, -0.05) is 18.5 Å². The number of carbonyl (C=O) groups excluding carboxylic acids is 1. The molecule has 0 fully saturated rings. The lowest BCUT2D eigenvalue weighted by Crippen LogP contribution is -2.42. The van der Waals surface area contributed by atoms with Crippen molar-refractivity contribution in [2.75, 3.05) is 30.4 Å². The number of amides is 1. The fourth-order valence-electron chi connectivity index (χ4n) is 2.09. The number of likely N-dealkylation sites (N-methyl/N-ethyl adjacent to an activating group) is 1. The zero-order valence-electron chi connectivity index (χ0n) is 12.8. The van der Waals surface area contributed by atoms with E-state index in [-0.39, 0.29) is 29.3 Å². The average molecular weight is 351 g/mol. The Hall–Kier alpha value is -1.18. The predicted molar refractivity (Wildman–Crippen MR) is 86.5 cm³/mol. The van der Waals surface area contributed by atoms with Crippen molar-refractivity contribution >= 4 is 33.0 Å². The summed E-state index contributed by atoms with van der Waals surface area (Å²) in [6.07, 6.45) is 1.16. The smallest absolute Gasteiger partial charge is 0.238 e. The maximum absolute atomic E-state index is 13.0. The minimum Gasteiger partial charge on any atom is -0.324 e. The van der Waals surface area contributed by atoms with E-state index in [4.69, 9.17) is 11.6 Å². The molecule has 0 aromatic heterocycles. The summed E-state index contributed by atoms with van der Waals surface area (Å²) >= 11 is 5.85. The number of anilines is 1. The number of halogens is 2. The molecule has 0 saturated heterocycles. The van der Waals surface area contributed by atoms with Crippen molar-refractivity contribution in [2.24, 2.45) is 0 Å². The highest BCUT2D eigenvalue weighted by Crippen LogP contribution is 2.22. The standard InChI is InChI=1S/C14H20ClFN2O3S/c1-4-18(10(2)9-22(3,20)21)8-14(19)17-13-6-5-11(16)7-12(13)15/h5-7,10H,4,8-9H2,1-3H3,(H,17,19). The van der Waals surface area contributed by atoms with Gasteiger partial charge in [-0.2, -0.15) is 0 Å². The van der Waals surface area contributed by atoms with Gasteiger partial charge < -0.3 is 5.32 Å². The number of hydrogen-bond donors (Lipinski definition) is 1. The van der Waals surface area contributed by atoms with Crippen molar-refractivity contribution in [3.8, 4) is 0 Å². The van der Waals surface area contributed by atoms with E-state index in [2.05, 4.69) is 5.32 Å². The Morgan fingerprint density at radius 3 is 2.59 bits per heavy atom. The SMILES string of the molecule is CCN(CC(=O)Nc1ccc(F)cc1Cl)C(C)CS(C)(=O)=O. The number of nitrogens with zero attached hydrogens (tertiary/aromatic N) is 1. The van der Waals surface area contributed by atoms with Crippen LogP contribution in [0.4, 0.5) is 10.1 Å². The average Bonchev–Trinajstić information content (AvgIpc) is 2.37. The normalized spacial score (nSPS) is 13.2. The molecule has 1 aromatic rings. The third kappa shape index (κ3) is 6.29. The molecule has 22 heavy (non-hydrogen) atoms. The van der Waals surface area contributed by atoms with Gasteiger partial charge in [-0.05, 0) is 31.7 Å². The Morgan fingerprint density at radius 1 is 1.45 bits per heavy atom. The highest BCUT2D eigenvalue weighted by molar-refractivity contribution is 7.90. The molecule has 0 radical (unpaired) electrons. The van der Waals surface area contributed by atoms with E-state index in [0.29, 0.717) is 12.2 Å². The van der Waals surface area contributed by atoms with E-state index in [0.717, 1.165) is 12.3 Å². The molecule has 1 rings (SSSR count). The fraction of sp³-hybridized carbons (Fsp3) is 0.500. The molecule has 0 bridgehead atoms. The van der Waals surface area contributed by atoms with Gasteiger partial charge in [-0.15, -0.1) is 0 Å². The molecule has 5 nitrogen and oxygen atoms in total. The fourth-order valence-corrected chi connectivity index (χ4v) is 3.39. The Kier molecular flexibility index (Phi) is 6.77. The van der Waals surface area contributed by atoms with Crippen LogP contribution in [-0.4, -0.2) is 50.4 Å². The Balaban J connectivity index is 2.69. The molecular weight excluding hydrogens is 331 g/mol. The van der Waals surface area contributed by atoms with Crippen LogP contribution in [0.2, 0.25) is 5.02 Å². The van der Waals surface area contributed by atoms with Gasteiger partial charge in [-0.3, -0.25) is 9.69 Å². The summed E-state index contributed by atoms with van der Waals surface area (Å²) in [5.41, 5.74) is 0.319. The third-order valence-corrected chi connectivity index (χ3v) is 4.53. The first kappa shape index (κ1) is 18.9. The lowest BCUT2D eigenvalue weighted by molar-refractivity contribution is -0.117. The van der Waals surface area contributed by atoms with Gasteiger partial charge >= 0.3 is 0 Å². The van der Waals surface area contributed by atoms with Gasteiger partial charge in [0.25, 0.3) is 0 Å². The van der Waals surface area contributed by atoms with Crippen LogP contribution in [-0.2, 0) is 14.6 Å². The summed E-state index contributed by atoms with van der Waals surface area (Å²) in [6, 6.07) is 3.41. The number of hydrogen-bond acceptors (Lipinski definition) is 4. The molecule has 0 aliphatic heterocycles. The van der Waals surface area contributed by atoms with E-state index in [9.17, 15) is 17.6 Å². The van der Waals surface area contributed by atoms with Crippen LogP contribution in [0.15, 0.2) is 18.2 Å². The summed E-state index contributed by atoms with van der Waals surface area (Å²) in [5.74, 6) is -0.846. The van der Waals surface area contributed by atoms with E-state index in [1.807, 2.05) is 6.92 Å². The van der Waals surface area contributed by atoms with Crippen molar-refractivity contribution in [1.29, 1.82) is 0 Å². The molecule has 1 amide bonds. The van der Waals surface area contributed by atoms with Gasteiger partial charge in [0.15, 0.2) is 0 Å². The lowest BCUT2D eigenvalue weighted by atomic mass is 10.3. The zero-order valence-corrected chi connectivity index (χ0v) is 14.3. The molecule has 1 N–H and O–H groups in total. The molecule has 0 saturated carbocycles. The second-order valence-corrected chi connectivity index (χ2v) is 7.77. The van der Waals surface area contributed by atoms with Crippen LogP contribution in [0, 0.1) is 5.82 Å². The summed E-state index contributed by atoms with van der Waals surface area (Å²) in [6.45, 7) is 4.15. The molecule has 1 unspecified atom stereocenters. The number of sulfone groups is 1. The number of rotatable bonds is 7. The van der Waals surface area contributed by atoms with Gasteiger partial charge in [0.1, 0.15) is 15.7 Å². The summed E-state index contributed by atoms with van der Waals surface area (Å²) in [7, 11) is -3.12. The van der Waals surface area contributed by atoms with Crippen LogP contribution in [0.3, 0.4) is 0 Å². The summed E-state index contributed by atoms with van der Waals surface area (Å²) in [5, 5.41) is 2.70. The van der Waals surface area contributed by atoms with E-state index in [1.165, 1.54) is 12.1 Å². The second kappa shape index (κ2) is 7.89. The zero-order chi connectivity index (χ0) is 16.9. The topological polar surface area (TPSA) is 66.5 Å². The molecular formula is C14H20ClFN2O3S. The van der Waals surface area contributed by atoms with E-state index in [1.54, 1.807) is 11.8 Å². The first-order valence-electron chi connectivity index (χ1n) is 6.79. The van der Waals surface area contributed by atoms with Crippen LogP contribution >= 0.6 is 11.6 Å². The highest BCUT2D eigenvalue weighted by Gasteiger charge is 2.20. The molecule has 0 heterocycles. The molecule has 1 atom stereocenters. The Bertz CT molecular complexity index is 637. The van der Waals surface area contributed by atoms with Crippen molar-refractivity contribution in [1.82, 2.24) is 4.90 Å². The largest absolute Gasteiger partial charge is 0.324 e. The first-order chi connectivity index (χ1) is 10.1. The van der Waals surface area contributed by atoms with E-state index >= 15 is 0 Å². The van der Waals surface area contributed by atoms with Crippen LogP contribution < -0.4 is 5.32 Å². The maximum Gasteiger partial charge on any atom is 0.238 e. The molecule has 1 aromatic carbocycles. The Morgan fingerprint density at radius 2 is 2.09 bits per heavy atom. The van der Waals surface area contributed by atoms with Crippen molar-refractivity contribution in [2.45, 2.75) is 19.9 Å². The monoisotopic (exact) mass is 350 g/mol. The molecule has 0 aliphatic carbocycles. The van der Waals surface area contributed by atoms with Gasteiger partial charge in [-0.25, -0.2) is 12.8 Å². The Labute approximate surface area is 135 Å². The molecule has 0 spiro atoms. The van der Waals surface area contributed by atoms with Gasteiger partial charge in [0.05, 0.1) is 23.0 Å². The molecule has 124 valence electrons. The van der Waals surface area contributed by atoms with Gasteiger partial charge in [0.2, 0.25) is 5.91 Å². The number of benzene rings is 1. The van der Waals surface area contributed by atoms with Gasteiger partial charge in [0, 0.05) is 12.3 Å². The number of carbonyl (C=O) groups is 1. The van der Waals surface area contributed by atoms with E-state index < -0.39 is 15.7 Å². The summed E-state index contributed by atoms with van der Waals surface area (Å²) in [4.78, 5) is 13.8. The van der Waals surface area contributed by atoms with Crippen molar-refractivity contribution in [3.05, 3.63) is 29.0 Å². The second-order valence-electron chi connectivity index (χ2n) is 5.18. The van der Waals surface area contributed by atoms with Crippen molar-refractivity contribution < 1.29 is 17.6 Å². The minimum atomic E-state index is -3.12. The molecule has 8 heteroatoms. The lowest BCUT2D eigenvalue weighted by Gasteiger charge is -2.26. The molecule has 0 aliphatic rings. The highest BCUT2D eigenvalue weighted by atomic mass is 35.5. The number of nitrogens with one attached hydrogen (secondary N) is 1.